The first-order valence-electron chi connectivity index (χ1n) is 8.14. The third-order valence-corrected chi connectivity index (χ3v) is 5.59. The number of aromatic nitrogens is 1. The number of fused-ring (bicyclic) bond motifs is 2. The lowest BCUT2D eigenvalue weighted by atomic mass is 9.85. The summed E-state index contributed by atoms with van der Waals surface area (Å²) >= 11 is 1.46. The van der Waals surface area contributed by atoms with Gasteiger partial charge >= 0.3 is 5.97 Å². The van der Waals surface area contributed by atoms with E-state index >= 15 is 0 Å². The van der Waals surface area contributed by atoms with Gasteiger partial charge in [0, 0.05) is 0 Å². The summed E-state index contributed by atoms with van der Waals surface area (Å²) in [6.07, 6.45) is 4.96. The second-order valence-electron chi connectivity index (χ2n) is 6.15. The second-order valence-corrected chi connectivity index (χ2v) is 7.27. The van der Waals surface area contributed by atoms with Crippen molar-refractivity contribution in [1.82, 2.24) is 9.88 Å². The van der Waals surface area contributed by atoms with Crippen LogP contribution in [-0.4, -0.2) is 34.2 Å². The highest BCUT2D eigenvalue weighted by molar-refractivity contribution is 7.18. The van der Waals surface area contributed by atoms with Crippen LogP contribution in [-0.2, 0) is 25.7 Å². The summed E-state index contributed by atoms with van der Waals surface area (Å²) < 4.78 is 6.24. The van der Waals surface area contributed by atoms with Gasteiger partial charge in [0.25, 0.3) is 0 Å². The van der Waals surface area contributed by atoms with E-state index in [9.17, 15) is 14.4 Å². The molecule has 0 radical (unpaired) electrons. The number of nitrogens with zero attached hydrogens (tertiary/aromatic N) is 2. The molecule has 6 nitrogen and oxygen atoms in total. The monoisotopic (exact) mass is 356 g/mol. The summed E-state index contributed by atoms with van der Waals surface area (Å²) in [4.78, 5) is 42.2. The van der Waals surface area contributed by atoms with Crippen molar-refractivity contribution in [3.05, 3.63) is 41.4 Å². The second kappa shape index (κ2) is 6.40. The first-order chi connectivity index (χ1) is 12.1. The number of hydrogen-bond donors (Lipinski definition) is 0. The molecule has 0 spiro atoms. The van der Waals surface area contributed by atoms with E-state index in [1.54, 1.807) is 0 Å². The Kier molecular flexibility index (Phi) is 4.09. The van der Waals surface area contributed by atoms with Crippen molar-refractivity contribution in [2.24, 2.45) is 11.8 Å². The Hall–Kier alpha value is -2.54. The van der Waals surface area contributed by atoms with E-state index in [0.29, 0.717) is 17.8 Å². The molecule has 1 aliphatic heterocycles. The van der Waals surface area contributed by atoms with Crippen LogP contribution in [0.25, 0.3) is 10.2 Å². The number of benzene rings is 1. The number of carbonyl (C=O) groups excluding carboxylic acids is 3. The number of allylic oxidation sites excluding steroid dienone is 2. The predicted octanol–water partition coefficient (Wildman–Crippen LogP) is 2.29. The average molecular weight is 356 g/mol. The van der Waals surface area contributed by atoms with Gasteiger partial charge in [-0.1, -0.05) is 24.3 Å². The van der Waals surface area contributed by atoms with E-state index in [1.165, 1.54) is 11.3 Å². The minimum absolute atomic E-state index is 0.0445. The number of ether oxygens (including phenoxy) is 1. The Labute approximate surface area is 148 Å². The van der Waals surface area contributed by atoms with Gasteiger partial charge in [-0.05, 0) is 25.0 Å². The van der Waals surface area contributed by atoms with Gasteiger partial charge in [0.05, 0.1) is 22.1 Å². The van der Waals surface area contributed by atoms with E-state index in [2.05, 4.69) is 4.98 Å². The number of amides is 2. The number of imide groups is 1. The maximum atomic E-state index is 12.3. The molecule has 0 bridgehead atoms. The van der Waals surface area contributed by atoms with Crippen LogP contribution in [0.1, 0.15) is 17.8 Å². The predicted molar refractivity (Wildman–Crippen MR) is 91.5 cm³/mol. The molecule has 7 heteroatoms. The van der Waals surface area contributed by atoms with Gasteiger partial charge < -0.3 is 4.74 Å². The van der Waals surface area contributed by atoms with Crippen molar-refractivity contribution in [2.45, 2.75) is 19.4 Å². The van der Waals surface area contributed by atoms with Crippen molar-refractivity contribution in [3.63, 3.8) is 0 Å². The quantitative estimate of drug-likeness (QED) is 0.477. The fraction of sp³-hybridized carbons (Fsp3) is 0.333. The first-order valence-corrected chi connectivity index (χ1v) is 8.95. The van der Waals surface area contributed by atoms with Crippen LogP contribution in [0.5, 0.6) is 0 Å². The number of para-hydroxylation sites is 1. The average Bonchev–Trinajstić information content (AvgIpc) is 3.15. The number of thiazole rings is 1. The Morgan fingerprint density at radius 3 is 2.52 bits per heavy atom. The van der Waals surface area contributed by atoms with E-state index in [1.807, 2.05) is 36.4 Å². The molecule has 2 aliphatic rings. The molecule has 2 aromatic rings. The highest BCUT2D eigenvalue weighted by Gasteiger charge is 2.47. The molecule has 1 aliphatic carbocycles. The summed E-state index contributed by atoms with van der Waals surface area (Å²) in [6.45, 7) is -0.279. The molecular formula is C18H16N2O4S. The lowest BCUT2D eigenvalue weighted by Gasteiger charge is -2.14. The third kappa shape index (κ3) is 2.95. The van der Waals surface area contributed by atoms with Gasteiger partial charge in [-0.25, -0.2) is 4.98 Å². The summed E-state index contributed by atoms with van der Waals surface area (Å²) in [6, 6.07) is 7.68. The van der Waals surface area contributed by atoms with Crippen molar-refractivity contribution in [3.8, 4) is 0 Å². The maximum Gasteiger partial charge on any atom is 0.326 e. The largest absolute Gasteiger partial charge is 0.457 e. The normalized spacial score (nSPS) is 22.5. The van der Waals surface area contributed by atoms with E-state index in [0.717, 1.165) is 15.1 Å². The summed E-state index contributed by atoms with van der Waals surface area (Å²) in [5.74, 6) is -1.77. The van der Waals surface area contributed by atoms with Gasteiger partial charge in [0.1, 0.15) is 18.2 Å². The highest BCUT2D eigenvalue weighted by atomic mass is 32.1. The minimum atomic E-state index is -0.590. The van der Waals surface area contributed by atoms with E-state index in [4.69, 9.17) is 4.74 Å². The molecule has 2 atom stereocenters. The van der Waals surface area contributed by atoms with Crippen LogP contribution >= 0.6 is 11.3 Å². The fourth-order valence-electron chi connectivity index (χ4n) is 3.32. The number of carbonyl (C=O) groups is 3. The molecule has 0 N–H and O–H groups in total. The van der Waals surface area contributed by atoms with Gasteiger partial charge in [-0.15, -0.1) is 11.3 Å². The van der Waals surface area contributed by atoms with Crippen LogP contribution in [0.3, 0.4) is 0 Å². The zero-order chi connectivity index (χ0) is 17.4. The molecule has 2 amide bonds. The van der Waals surface area contributed by atoms with Gasteiger partial charge in [0.15, 0.2) is 0 Å². The number of rotatable bonds is 4. The molecule has 0 unspecified atom stereocenters. The Balaban J connectivity index is 1.37. The summed E-state index contributed by atoms with van der Waals surface area (Å²) in [5, 5.41) is 0.687. The van der Waals surface area contributed by atoms with Crippen molar-refractivity contribution in [1.29, 1.82) is 0 Å². The van der Waals surface area contributed by atoms with Crippen molar-refractivity contribution < 1.29 is 19.1 Å². The van der Waals surface area contributed by atoms with E-state index in [-0.39, 0.29) is 36.8 Å². The van der Waals surface area contributed by atoms with Crippen LogP contribution in [0.15, 0.2) is 36.4 Å². The maximum absolute atomic E-state index is 12.3. The zero-order valence-corrected chi connectivity index (χ0v) is 14.2. The van der Waals surface area contributed by atoms with Gasteiger partial charge in [-0.3, -0.25) is 19.3 Å². The van der Waals surface area contributed by atoms with Gasteiger partial charge in [0.2, 0.25) is 11.8 Å². The smallest absolute Gasteiger partial charge is 0.326 e. The first kappa shape index (κ1) is 16.0. The zero-order valence-electron chi connectivity index (χ0n) is 13.4. The molecule has 25 heavy (non-hydrogen) atoms. The standard InChI is InChI=1S/C18H16N2O4S/c21-16(24-10-15-19-13-7-3-4-8-14(13)25-15)9-20-17(22)11-5-1-2-6-12(11)18(20)23/h1-4,7-8,11-12H,5-6,9-10H2/t11-,12-/m1/s1. The molecule has 2 heterocycles. The lowest BCUT2D eigenvalue weighted by molar-refractivity contribution is -0.153. The van der Waals surface area contributed by atoms with Crippen LogP contribution < -0.4 is 0 Å². The molecule has 128 valence electrons. The third-order valence-electron chi connectivity index (χ3n) is 4.58. The number of esters is 1. The van der Waals surface area contributed by atoms with E-state index < -0.39 is 5.97 Å². The fourth-order valence-corrected chi connectivity index (χ4v) is 4.20. The topological polar surface area (TPSA) is 76.6 Å². The van der Waals surface area contributed by atoms with Crippen LogP contribution in [0, 0.1) is 11.8 Å². The Morgan fingerprint density at radius 2 is 1.84 bits per heavy atom. The summed E-state index contributed by atoms with van der Waals surface area (Å²) in [5.41, 5.74) is 0.861. The minimum Gasteiger partial charge on any atom is -0.457 e. The van der Waals surface area contributed by atoms with Gasteiger partial charge in [-0.2, -0.15) is 0 Å². The number of hydrogen-bond acceptors (Lipinski definition) is 6. The van der Waals surface area contributed by atoms with Crippen molar-refractivity contribution >= 4 is 39.3 Å². The Morgan fingerprint density at radius 1 is 1.16 bits per heavy atom. The molecule has 1 aromatic carbocycles. The molecule has 0 saturated carbocycles. The summed E-state index contributed by atoms with van der Waals surface area (Å²) in [7, 11) is 0. The van der Waals surface area contributed by atoms with Crippen LogP contribution in [0.2, 0.25) is 0 Å². The highest BCUT2D eigenvalue weighted by Crippen LogP contribution is 2.34. The molecular weight excluding hydrogens is 340 g/mol. The molecule has 1 fully saturated rings. The Bertz CT molecular complexity index is 829. The lowest BCUT2D eigenvalue weighted by Crippen LogP contribution is -2.36. The molecule has 1 saturated heterocycles. The molecule has 1 aromatic heterocycles. The molecule has 4 rings (SSSR count). The van der Waals surface area contributed by atoms with Crippen LogP contribution in [0.4, 0.5) is 0 Å². The van der Waals surface area contributed by atoms with Crippen molar-refractivity contribution in [2.75, 3.05) is 6.54 Å². The SMILES string of the molecule is O=C(CN1C(=O)[C@@H]2CC=CC[C@H]2C1=O)OCc1nc2ccccc2s1. The number of likely N-dealkylation sites (tertiary alicyclic amines) is 1.